The molecule has 0 spiro atoms. The molecule has 0 saturated carbocycles. The van der Waals surface area contributed by atoms with Gasteiger partial charge in [-0.05, 0) is 24.3 Å². The van der Waals surface area contributed by atoms with Gasteiger partial charge >= 0.3 is 0 Å². The van der Waals surface area contributed by atoms with Crippen LogP contribution in [0, 0.1) is 11.6 Å². The number of aromatic nitrogens is 2. The average Bonchev–Trinajstić information content (AvgIpc) is 3.25. The van der Waals surface area contributed by atoms with Crippen LogP contribution < -0.4 is 4.74 Å². The summed E-state index contributed by atoms with van der Waals surface area (Å²) in [6.45, 7) is 2.70. The number of para-hydroxylation sites is 1. The standard InChI is InChI=1S/C22H22F2N4O2/c23-19-8-4-5-17(21(19)24)15-26-11-13-27(14-12-26)22(29)20-9-10-28(25-20)16-30-18-6-2-1-3-7-18/h1-10H,11-16H2. The van der Waals surface area contributed by atoms with Gasteiger partial charge in [-0.2, -0.15) is 5.10 Å². The summed E-state index contributed by atoms with van der Waals surface area (Å²) in [5, 5.41) is 4.30. The van der Waals surface area contributed by atoms with E-state index in [1.165, 1.54) is 6.07 Å². The van der Waals surface area contributed by atoms with E-state index in [1.54, 1.807) is 27.9 Å². The van der Waals surface area contributed by atoms with Gasteiger partial charge in [0.15, 0.2) is 24.1 Å². The summed E-state index contributed by atoms with van der Waals surface area (Å²) in [6, 6.07) is 15.3. The number of rotatable bonds is 6. The van der Waals surface area contributed by atoms with E-state index in [-0.39, 0.29) is 12.6 Å². The number of hydrogen-bond donors (Lipinski definition) is 0. The highest BCUT2D eigenvalue weighted by atomic mass is 19.2. The summed E-state index contributed by atoms with van der Waals surface area (Å²) in [5.41, 5.74) is 0.684. The lowest BCUT2D eigenvalue weighted by atomic mass is 10.1. The SMILES string of the molecule is O=C(c1ccn(COc2ccccc2)n1)N1CCN(Cc2cccc(F)c2F)CC1. The van der Waals surface area contributed by atoms with E-state index in [9.17, 15) is 13.6 Å². The molecular formula is C22H22F2N4O2. The number of carbonyl (C=O) groups is 1. The van der Waals surface area contributed by atoms with Crippen molar-refractivity contribution in [2.45, 2.75) is 13.3 Å². The number of carbonyl (C=O) groups excluding carboxylic acids is 1. The van der Waals surface area contributed by atoms with Crippen LogP contribution in [0.25, 0.3) is 0 Å². The van der Waals surface area contributed by atoms with Crippen LogP contribution >= 0.6 is 0 Å². The van der Waals surface area contributed by atoms with Gasteiger partial charge < -0.3 is 9.64 Å². The molecule has 0 aliphatic carbocycles. The molecule has 0 radical (unpaired) electrons. The Hall–Kier alpha value is -3.26. The number of piperazine rings is 1. The highest BCUT2D eigenvalue weighted by Gasteiger charge is 2.24. The molecule has 1 aliphatic rings. The van der Waals surface area contributed by atoms with Crippen LogP contribution in [0.1, 0.15) is 16.1 Å². The van der Waals surface area contributed by atoms with E-state index in [0.29, 0.717) is 44.0 Å². The topological polar surface area (TPSA) is 50.6 Å². The van der Waals surface area contributed by atoms with Crippen molar-refractivity contribution in [1.29, 1.82) is 0 Å². The fourth-order valence-electron chi connectivity index (χ4n) is 3.39. The van der Waals surface area contributed by atoms with Crippen molar-refractivity contribution >= 4 is 5.91 Å². The van der Waals surface area contributed by atoms with Crippen molar-refractivity contribution < 1.29 is 18.3 Å². The van der Waals surface area contributed by atoms with Gasteiger partial charge in [-0.1, -0.05) is 30.3 Å². The lowest BCUT2D eigenvalue weighted by molar-refractivity contribution is 0.0619. The molecule has 6 nitrogen and oxygen atoms in total. The maximum absolute atomic E-state index is 13.9. The van der Waals surface area contributed by atoms with Crippen LogP contribution in [0.5, 0.6) is 5.75 Å². The largest absolute Gasteiger partial charge is 0.471 e. The minimum atomic E-state index is -0.840. The van der Waals surface area contributed by atoms with E-state index in [0.717, 1.165) is 11.8 Å². The molecule has 1 aromatic heterocycles. The van der Waals surface area contributed by atoms with Crippen molar-refractivity contribution in [3.8, 4) is 5.75 Å². The van der Waals surface area contributed by atoms with Gasteiger partial charge in [-0.3, -0.25) is 9.69 Å². The molecule has 4 rings (SSSR count). The van der Waals surface area contributed by atoms with Crippen LogP contribution in [-0.2, 0) is 13.3 Å². The minimum Gasteiger partial charge on any atom is -0.471 e. The summed E-state index contributed by atoms with van der Waals surface area (Å²) in [7, 11) is 0. The van der Waals surface area contributed by atoms with Crippen molar-refractivity contribution in [3.05, 3.63) is 83.7 Å². The van der Waals surface area contributed by atoms with E-state index in [1.807, 2.05) is 35.2 Å². The van der Waals surface area contributed by atoms with Crippen LogP contribution in [-0.4, -0.2) is 51.7 Å². The molecule has 1 fully saturated rings. The summed E-state index contributed by atoms with van der Waals surface area (Å²) in [5.74, 6) is -1.07. The molecule has 2 heterocycles. The number of ether oxygens (including phenoxy) is 1. The molecule has 1 saturated heterocycles. The first-order valence-corrected chi connectivity index (χ1v) is 9.76. The van der Waals surface area contributed by atoms with E-state index < -0.39 is 11.6 Å². The van der Waals surface area contributed by atoms with Crippen LogP contribution in [0.4, 0.5) is 8.78 Å². The van der Waals surface area contributed by atoms with Crippen LogP contribution in [0.2, 0.25) is 0 Å². The number of hydrogen-bond acceptors (Lipinski definition) is 4. The van der Waals surface area contributed by atoms with Crippen molar-refractivity contribution in [1.82, 2.24) is 19.6 Å². The third-order valence-corrected chi connectivity index (χ3v) is 5.05. The Morgan fingerprint density at radius 3 is 2.50 bits per heavy atom. The molecule has 3 aromatic rings. The van der Waals surface area contributed by atoms with Gasteiger partial charge in [-0.15, -0.1) is 0 Å². The summed E-state index contributed by atoms with van der Waals surface area (Å²) < 4.78 is 34.5. The van der Waals surface area contributed by atoms with Crippen molar-refractivity contribution in [2.75, 3.05) is 26.2 Å². The lowest BCUT2D eigenvalue weighted by Crippen LogP contribution is -2.48. The lowest BCUT2D eigenvalue weighted by Gasteiger charge is -2.34. The smallest absolute Gasteiger partial charge is 0.274 e. The maximum Gasteiger partial charge on any atom is 0.274 e. The molecule has 0 bridgehead atoms. The molecule has 1 aliphatic heterocycles. The number of benzene rings is 2. The molecule has 1 amide bonds. The fraction of sp³-hybridized carbons (Fsp3) is 0.273. The highest BCUT2D eigenvalue weighted by molar-refractivity contribution is 5.92. The second-order valence-corrected chi connectivity index (χ2v) is 7.11. The Bertz CT molecular complexity index is 1000. The van der Waals surface area contributed by atoms with E-state index in [4.69, 9.17) is 4.74 Å². The maximum atomic E-state index is 13.9. The van der Waals surface area contributed by atoms with E-state index in [2.05, 4.69) is 5.10 Å². The van der Waals surface area contributed by atoms with Crippen LogP contribution in [0.3, 0.4) is 0 Å². The summed E-state index contributed by atoms with van der Waals surface area (Å²) in [6.07, 6.45) is 1.71. The molecule has 0 unspecified atom stereocenters. The second kappa shape index (κ2) is 9.04. The third-order valence-electron chi connectivity index (χ3n) is 5.05. The van der Waals surface area contributed by atoms with Crippen molar-refractivity contribution in [2.24, 2.45) is 0 Å². The summed E-state index contributed by atoms with van der Waals surface area (Å²) in [4.78, 5) is 16.5. The van der Waals surface area contributed by atoms with Gasteiger partial charge in [0, 0.05) is 44.5 Å². The molecule has 0 atom stereocenters. The van der Waals surface area contributed by atoms with Crippen molar-refractivity contribution in [3.63, 3.8) is 0 Å². The van der Waals surface area contributed by atoms with E-state index >= 15 is 0 Å². The molecule has 8 heteroatoms. The molecular weight excluding hydrogens is 390 g/mol. The molecule has 2 aromatic carbocycles. The monoisotopic (exact) mass is 412 g/mol. The fourth-order valence-corrected chi connectivity index (χ4v) is 3.39. The van der Waals surface area contributed by atoms with Gasteiger partial charge in [0.05, 0.1) is 0 Å². The Balaban J connectivity index is 1.29. The minimum absolute atomic E-state index is 0.148. The van der Waals surface area contributed by atoms with Gasteiger partial charge in [0.25, 0.3) is 5.91 Å². The second-order valence-electron chi connectivity index (χ2n) is 7.11. The first-order valence-electron chi connectivity index (χ1n) is 9.76. The average molecular weight is 412 g/mol. The zero-order chi connectivity index (χ0) is 20.9. The number of nitrogens with zero attached hydrogens (tertiary/aromatic N) is 4. The van der Waals surface area contributed by atoms with Crippen LogP contribution in [0.15, 0.2) is 60.8 Å². The number of amides is 1. The zero-order valence-corrected chi connectivity index (χ0v) is 16.4. The third kappa shape index (κ3) is 4.65. The Morgan fingerprint density at radius 2 is 1.73 bits per heavy atom. The van der Waals surface area contributed by atoms with Gasteiger partial charge in [-0.25, -0.2) is 13.5 Å². The number of halogens is 2. The Morgan fingerprint density at radius 1 is 0.967 bits per heavy atom. The highest BCUT2D eigenvalue weighted by Crippen LogP contribution is 2.16. The molecule has 30 heavy (non-hydrogen) atoms. The Labute approximate surface area is 173 Å². The van der Waals surface area contributed by atoms with Gasteiger partial charge in [0.2, 0.25) is 0 Å². The zero-order valence-electron chi connectivity index (χ0n) is 16.4. The van der Waals surface area contributed by atoms with Gasteiger partial charge in [0.1, 0.15) is 5.75 Å². The normalized spacial score (nSPS) is 14.7. The predicted molar refractivity (Wildman–Crippen MR) is 107 cm³/mol. The summed E-state index contributed by atoms with van der Waals surface area (Å²) >= 11 is 0. The first kappa shape index (κ1) is 20.0. The quantitative estimate of drug-likeness (QED) is 0.624. The first-order chi connectivity index (χ1) is 14.6. The molecule has 156 valence electrons. The predicted octanol–water partition coefficient (Wildman–Crippen LogP) is 3.16. The Kier molecular flexibility index (Phi) is 6.04. The molecule has 0 N–H and O–H groups in total.